The number of thiophene rings is 1. The van der Waals surface area contributed by atoms with Crippen molar-refractivity contribution in [1.82, 2.24) is 4.98 Å². The molecule has 2 heterocycles. The highest BCUT2D eigenvalue weighted by molar-refractivity contribution is 7.21. The second-order valence-electron chi connectivity index (χ2n) is 5.45. The number of nitrogen functional groups attached to an aromatic ring is 1. The van der Waals surface area contributed by atoms with Gasteiger partial charge in [0.25, 0.3) is 0 Å². The van der Waals surface area contributed by atoms with E-state index in [9.17, 15) is 9.59 Å². The van der Waals surface area contributed by atoms with Crippen molar-refractivity contribution >= 4 is 39.0 Å². The van der Waals surface area contributed by atoms with Crippen LogP contribution in [0.3, 0.4) is 0 Å². The number of aryl methyl sites for hydroxylation is 1. The summed E-state index contributed by atoms with van der Waals surface area (Å²) < 4.78 is 5.22. The molecule has 0 amide bonds. The molecule has 2 aromatic rings. The van der Waals surface area contributed by atoms with Crippen LogP contribution >= 0.6 is 11.3 Å². The lowest BCUT2D eigenvalue weighted by Crippen LogP contribution is -2.12. The standard InChI is InChI=1S/C16H18N2O3S/c1-2-3-7-21-16(20)14-13(17)10-8-9-11(18-15(10)22-14)5-4-6-12(9)19/h8H,2-7,17H2,1H3. The van der Waals surface area contributed by atoms with Crippen LogP contribution in [0.25, 0.3) is 10.2 Å². The van der Waals surface area contributed by atoms with Crippen LogP contribution < -0.4 is 5.73 Å². The first-order valence-electron chi connectivity index (χ1n) is 7.54. The molecule has 0 fully saturated rings. The summed E-state index contributed by atoms with van der Waals surface area (Å²) in [5.74, 6) is -0.299. The van der Waals surface area contributed by atoms with E-state index in [0.29, 0.717) is 39.4 Å². The molecule has 116 valence electrons. The number of rotatable bonds is 4. The average Bonchev–Trinajstić information content (AvgIpc) is 2.83. The topological polar surface area (TPSA) is 82.3 Å². The number of anilines is 1. The number of fused-ring (bicyclic) bond motifs is 2. The molecule has 0 atom stereocenters. The Balaban J connectivity index is 1.98. The first kappa shape index (κ1) is 15.0. The van der Waals surface area contributed by atoms with Gasteiger partial charge in [-0.05, 0) is 25.3 Å². The molecule has 0 radical (unpaired) electrons. The van der Waals surface area contributed by atoms with Crippen molar-refractivity contribution in [3.05, 3.63) is 22.2 Å². The molecule has 2 N–H and O–H groups in total. The highest BCUT2D eigenvalue weighted by Crippen LogP contribution is 2.35. The fraction of sp³-hybridized carbons (Fsp3) is 0.438. The predicted molar refractivity (Wildman–Crippen MR) is 86.5 cm³/mol. The molecule has 5 nitrogen and oxygen atoms in total. The minimum absolute atomic E-state index is 0.105. The van der Waals surface area contributed by atoms with Crippen LogP contribution in [0.15, 0.2) is 6.07 Å². The van der Waals surface area contributed by atoms with Gasteiger partial charge >= 0.3 is 5.97 Å². The lowest BCUT2D eigenvalue weighted by molar-refractivity contribution is 0.0506. The minimum atomic E-state index is -0.404. The van der Waals surface area contributed by atoms with E-state index in [-0.39, 0.29) is 5.78 Å². The molecule has 1 aliphatic rings. The third-order valence-corrected chi connectivity index (χ3v) is 4.93. The number of unbranched alkanes of at least 4 members (excludes halogenated alkanes) is 1. The zero-order valence-electron chi connectivity index (χ0n) is 12.5. The van der Waals surface area contributed by atoms with E-state index in [1.807, 2.05) is 6.92 Å². The Labute approximate surface area is 132 Å². The Morgan fingerprint density at radius 2 is 2.27 bits per heavy atom. The van der Waals surface area contributed by atoms with Gasteiger partial charge in [-0.2, -0.15) is 0 Å². The number of carbonyl (C=O) groups is 2. The van der Waals surface area contributed by atoms with Crippen molar-refractivity contribution in [2.24, 2.45) is 0 Å². The number of aromatic nitrogens is 1. The summed E-state index contributed by atoms with van der Waals surface area (Å²) in [6.07, 6.45) is 3.97. The lowest BCUT2D eigenvalue weighted by atomic mass is 9.94. The number of hydrogen-bond donors (Lipinski definition) is 1. The highest BCUT2D eigenvalue weighted by atomic mass is 32.1. The van der Waals surface area contributed by atoms with Crippen LogP contribution in [0.5, 0.6) is 0 Å². The van der Waals surface area contributed by atoms with Crippen LogP contribution in [-0.4, -0.2) is 23.3 Å². The number of nitrogens with two attached hydrogens (primary N) is 1. The molecule has 3 rings (SSSR count). The van der Waals surface area contributed by atoms with Gasteiger partial charge in [0, 0.05) is 17.4 Å². The minimum Gasteiger partial charge on any atom is -0.461 e. The normalized spacial score (nSPS) is 14.1. The molecule has 0 aromatic carbocycles. The van der Waals surface area contributed by atoms with Crippen molar-refractivity contribution < 1.29 is 14.3 Å². The Bertz CT molecular complexity index is 751. The fourth-order valence-electron chi connectivity index (χ4n) is 2.59. The second-order valence-corrected chi connectivity index (χ2v) is 6.45. The summed E-state index contributed by atoms with van der Waals surface area (Å²) in [5.41, 5.74) is 7.91. The number of hydrogen-bond acceptors (Lipinski definition) is 6. The van der Waals surface area contributed by atoms with E-state index in [4.69, 9.17) is 10.5 Å². The van der Waals surface area contributed by atoms with Gasteiger partial charge in [-0.25, -0.2) is 9.78 Å². The van der Waals surface area contributed by atoms with Gasteiger partial charge in [0.2, 0.25) is 0 Å². The molecule has 0 bridgehead atoms. The predicted octanol–water partition coefficient (Wildman–Crippen LogP) is 3.35. The summed E-state index contributed by atoms with van der Waals surface area (Å²) in [4.78, 5) is 29.7. The molecule has 0 saturated heterocycles. The number of carbonyl (C=O) groups excluding carboxylic acids is 2. The third kappa shape index (κ3) is 2.59. The van der Waals surface area contributed by atoms with Crippen molar-refractivity contribution in [3.8, 4) is 0 Å². The molecule has 0 unspecified atom stereocenters. The zero-order chi connectivity index (χ0) is 15.7. The molecule has 6 heteroatoms. The number of nitrogens with zero attached hydrogens (tertiary/aromatic N) is 1. The molecular weight excluding hydrogens is 300 g/mol. The first-order valence-corrected chi connectivity index (χ1v) is 8.35. The maximum absolute atomic E-state index is 12.1. The SMILES string of the molecule is CCCCOC(=O)c1sc2nc3c(cc2c1N)C(=O)CCC3. The van der Waals surface area contributed by atoms with E-state index < -0.39 is 5.97 Å². The molecule has 0 saturated carbocycles. The van der Waals surface area contributed by atoms with Crippen LogP contribution in [0.4, 0.5) is 5.69 Å². The van der Waals surface area contributed by atoms with Crippen molar-refractivity contribution in [2.75, 3.05) is 12.3 Å². The van der Waals surface area contributed by atoms with E-state index in [1.165, 1.54) is 11.3 Å². The quantitative estimate of drug-likeness (QED) is 0.690. The Morgan fingerprint density at radius 3 is 3.05 bits per heavy atom. The largest absolute Gasteiger partial charge is 0.461 e. The smallest absolute Gasteiger partial charge is 0.350 e. The maximum atomic E-state index is 12.1. The summed E-state index contributed by atoms with van der Waals surface area (Å²) in [6, 6.07) is 1.79. The zero-order valence-corrected chi connectivity index (χ0v) is 13.3. The van der Waals surface area contributed by atoms with E-state index in [0.717, 1.165) is 31.4 Å². The van der Waals surface area contributed by atoms with Gasteiger partial charge in [0.05, 0.1) is 18.0 Å². The number of Topliss-reactive ketones (excluding diaryl/α,β-unsaturated/α-hetero) is 1. The van der Waals surface area contributed by atoms with Crippen LogP contribution in [0, 0.1) is 0 Å². The number of esters is 1. The van der Waals surface area contributed by atoms with Crippen molar-refractivity contribution in [1.29, 1.82) is 0 Å². The van der Waals surface area contributed by atoms with E-state index >= 15 is 0 Å². The van der Waals surface area contributed by atoms with E-state index in [2.05, 4.69) is 4.98 Å². The van der Waals surface area contributed by atoms with Gasteiger partial charge in [0.1, 0.15) is 9.71 Å². The van der Waals surface area contributed by atoms with Gasteiger partial charge in [0.15, 0.2) is 5.78 Å². The average molecular weight is 318 g/mol. The summed E-state index contributed by atoms with van der Waals surface area (Å²) in [7, 11) is 0. The first-order chi connectivity index (χ1) is 10.6. The van der Waals surface area contributed by atoms with Gasteiger partial charge in [-0.1, -0.05) is 13.3 Å². The second kappa shape index (κ2) is 6.04. The van der Waals surface area contributed by atoms with Gasteiger partial charge in [-0.15, -0.1) is 11.3 Å². The van der Waals surface area contributed by atoms with E-state index in [1.54, 1.807) is 6.07 Å². The molecule has 0 aliphatic heterocycles. The maximum Gasteiger partial charge on any atom is 0.350 e. The molecule has 1 aliphatic carbocycles. The molecule has 22 heavy (non-hydrogen) atoms. The molecule has 2 aromatic heterocycles. The van der Waals surface area contributed by atoms with Crippen molar-refractivity contribution in [3.63, 3.8) is 0 Å². The lowest BCUT2D eigenvalue weighted by Gasteiger charge is -2.13. The number of pyridine rings is 1. The van der Waals surface area contributed by atoms with Gasteiger partial charge in [-0.3, -0.25) is 4.79 Å². The third-order valence-electron chi connectivity index (χ3n) is 3.83. The molecule has 0 spiro atoms. The fourth-order valence-corrected chi connectivity index (χ4v) is 3.58. The molecular formula is C16H18N2O3S. The number of ether oxygens (including phenoxy) is 1. The summed E-state index contributed by atoms with van der Waals surface area (Å²) in [5, 5.41) is 0.682. The van der Waals surface area contributed by atoms with Crippen LogP contribution in [-0.2, 0) is 11.2 Å². The highest BCUT2D eigenvalue weighted by Gasteiger charge is 2.24. The van der Waals surface area contributed by atoms with Gasteiger partial charge < -0.3 is 10.5 Å². The van der Waals surface area contributed by atoms with Crippen molar-refractivity contribution in [2.45, 2.75) is 39.0 Å². The Kier molecular flexibility index (Phi) is 4.11. The van der Waals surface area contributed by atoms with Crippen LogP contribution in [0.1, 0.15) is 58.3 Å². The summed E-state index contributed by atoms with van der Waals surface area (Å²) >= 11 is 1.24. The Morgan fingerprint density at radius 1 is 1.45 bits per heavy atom. The number of ketones is 1. The summed E-state index contributed by atoms with van der Waals surface area (Å²) in [6.45, 7) is 2.43. The van der Waals surface area contributed by atoms with Crippen LogP contribution in [0.2, 0.25) is 0 Å². The monoisotopic (exact) mass is 318 g/mol. The Hall–Kier alpha value is -1.95.